The van der Waals surface area contributed by atoms with E-state index in [1.165, 1.54) is 11.1 Å². The Balaban J connectivity index is 1.08. The quantitative estimate of drug-likeness (QED) is 0.0530. The molecule has 4 atom stereocenters. The highest BCUT2D eigenvalue weighted by Gasteiger charge is 2.31. The van der Waals surface area contributed by atoms with Gasteiger partial charge in [0.15, 0.2) is 25.4 Å². The SMILES string of the molecule is CCOC(=O)COc1ccc2c(c1)CC(NC[C@H](OC(=O)C(=O)O[C@@H](CNC1CCc3ccc(OCC(=O)OCC)cc3C1)c1cccc(Cl)n1)c1cccc(Cl)n1)CC2. The van der Waals surface area contributed by atoms with Crippen LogP contribution in [0.25, 0.3) is 0 Å². The summed E-state index contributed by atoms with van der Waals surface area (Å²) in [6.45, 7) is 3.92. The van der Waals surface area contributed by atoms with E-state index in [1.54, 1.807) is 50.2 Å². The van der Waals surface area contributed by atoms with Crippen LogP contribution < -0.4 is 20.1 Å². The molecule has 14 nitrogen and oxygen atoms in total. The number of carbonyl (C=O) groups excluding carboxylic acids is 4. The lowest BCUT2D eigenvalue weighted by molar-refractivity contribution is -0.174. The summed E-state index contributed by atoms with van der Waals surface area (Å²) in [5.41, 5.74) is 5.19. The topological polar surface area (TPSA) is 174 Å². The number of benzene rings is 2. The van der Waals surface area contributed by atoms with Crippen LogP contribution in [-0.2, 0) is 63.8 Å². The van der Waals surface area contributed by atoms with Gasteiger partial charge in [0.25, 0.3) is 0 Å². The molecule has 60 heavy (non-hydrogen) atoms. The number of esters is 4. The third kappa shape index (κ3) is 12.9. The first-order chi connectivity index (χ1) is 29.1. The Kier molecular flexibility index (Phi) is 16.1. The lowest BCUT2D eigenvalue weighted by Crippen LogP contribution is -2.40. The monoisotopic (exact) mass is 862 g/mol. The third-order valence-electron chi connectivity index (χ3n) is 10.1. The summed E-state index contributed by atoms with van der Waals surface area (Å²) in [6, 6.07) is 21.4. The second-order valence-electron chi connectivity index (χ2n) is 14.3. The van der Waals surface area contributed by atoms with Gasteiger partial charge < -0.3 is 39.1 Å². The summed E-state index contributed by atoms with van der Waals surface area (Å²) in [5, 5.41) is 7.35. The minimum Gasteiger partial charge on any atom is -0.482 e. The number of ether oxygens (including phenoxy) is 6. The van der Waals surface area contributed by atoms with E-state index >= 15 is 0 Å². The van der Waals surface area contributed by atoms with Crippen molar-refractivity contribution in [3.05, 3.63) is 117 Å². The highest BCUT2D eigenvalue weighted by atomic mass is 35.5. The smallest absolute Gasteiger partial charge is 0.418 e. The molecular weight excluding hydrogens is 815 g/mol. The number of aryl methyl sites for hydroxylation is 2. The highest BCUT2D eigenvalue weighted by Crippen LogP contribution is 2.29. The summed E-state index contributed by atoms with van der Waals surface area (Å²) in [4.78, 5) is 59.4. The molecule has 318 valence electrons. The maximum absolute atomic E-state index is 13.5. The van der Waals surface area contributed by atoms with Gasteiger partial charge in [0.1, 0.15) is 21.8 Å². The molecule has 16 heteroatoms. The van der Waals surface area contributed by atoms with Crippen LogP contribution in [0, 0.1) is 0 Å². The van der Waals surface area contributed by atoms with Crippen LogP contribution in [0.15, 0.2) is 72.8 Å². The van der Waals surface area contributed by atoms with Crippen LogP contribution in [0.5, 0.6) is 11.5 Å². The van der Waals surface area contributed by atoms with Crippen LogP contribution in [0.1, 0.15) is 72.5 Å². The normalized spacial score (nSPS) is 16.6. The minimum atomic E-state index is -1.21. The van der Waals surface area contributed by atoms with Crippen molar-refractivity contribution in [1.29, 1.82) is 0 Å². The maximum Gasteiger partial charge on any atom is 0.418 e. The largest absolute Gasteiger partial charge is 0.482 e. The van der Waals surface area contributed by atoms with Crippen LogP contribution in [-0.4, -0.2) is 85.4 Å². The van der Waals surface area contributed by atoms with E-state index in [2.05, 4.69) is 20.6 Å². The van der Waals surface area contributed by atoms with Gasteiger partial charge in [-0.2, -0.15) is 0 Å². The van der Waals surface area contributed by atoms with Gasteiger partial charge in [-0.25, -0.2) is 29.1 Å². The zero-order valence-electron chi connectivity index (χ0n) is 33.5. The minimum absolute atomic E-state index is 0.00929. The molecule has 0 radical (unpaired) electrons. The van der Waals surface area contributed by atoms with Gasteiger partial charge in [-0.3, -0.25) is 0 Å². The number of hydrogen-bond acceptors (Lipinski definition) is 14. The van der Waals surface area contributed by atoms with E-state index in [0.29, 0.717) is 35.7 Å². The van der Waals surface area contributed by atoms with Gasteiger partial charge in [0, 0.05) is 25.2 Å². The average Bonchev–Trinajstić information content (AvgIpc) is 3.24. The van der Waals surface area contributed by atoms with E-state index in [0.717, 1.165) is 36.8 Å². The predicted octanol–water partition coefficient (Wildman–Crippen LogP) is 5.83. The Morgan fingerprint density at radius 1 is 0.633 bits per heavy atom. The summed E-state index contributed by atoms with van der Waals surface area (Å²) < 4.78 is 32.8. The van der Waals surface area contributed by atoms with Crippen LogP contribution in [0.4, 0.5) is 0 Å². The molecule has 0 spiro atoms. The first kappa shape index (κ1) is 44.3. The lowest BCUT2D eigenvalue weighted by atomic mass is 9.88. The molecule has 2 N–H and O–H groups in total. The molecule has 0 aliphatic heterocycles. The van der Waals surface area contributed by atoms with Gasteiger partial charge in [-0.15, -0.1) is 0 Å². The maximum atomic E-state index is 13.5. The summed E-state index contributed by atoms with van der Waals surface area (Å²) in [7, 11) is 0. The van der Waals surface area contributed by atoms with Crippen LogP contribution in [0.3, 0.4) is 0 Å². The molecule has 2 aromatic carbocycles. The summed E-state index contributed by atoms with van der Waals surface area (Å²) in [5.74, 6) is -2.18. The van der Waals surface area contributed by atoms with Crippen molar-refractivity contribution >= 4 is 47.1 Å². The van der Waals surface area contributed by atoms with Crippen molar-refractivity contribution in [2.75, 3.05) is 39.5 Å². The first-order valence-electron chi connectivity index (χ1n) is 20.0. The van der Waals surface area contributed by atoms with Gasteiger partial charge in [-0.1, -0.05) is 47.5 Å². The van der Waals surface area contributed by atoms with E-state index in [9.17, 15) is 19.2 Å². The van der Waals surface area contributed by atoms with E-state index < -0.39 is 36.1 Å². The van der Waals surface area contributed by atoms with Crippen molar-refractivity contribution in [3.8, 4) is 11.5 Å². The Bertz CT molecular complexity index is 1990. The van der Waals surface area contributed by atoms with Crippen molar-refractivity contribution in [2.24, 2.45) is 0 Å². The zero-order chi connectivity index (χ0) is 42.4. The molecule has 2 heterocycles. The zero-order valence-corrected chi connectivity index (χ0v) is 35.0. The fraction of sp³-hybridized carbons (Fsp3) is 0.409. The number of halogens is 2. The molecule has 0 bridgehead atoms. The number of aromatic nitrogens is 2. The molecule has 0 saturated heterocycles. The average molecular weight is 864 g/mol. The van der Waals surface area contributed by atoms with E-state index in [4.69, 9.17) is 51.6 Å². The lowest BCUT2D eigenvalue weighted by Gasteiger charge is -2.28. The highest BCUT2D eigenvalue weighted by molar-refractivity contribution is 6.30. The number of pyridine rings is 2. The standard InChI is InChI=1S/C44H48Cl2N4O10/c1-3-55-41(51)25-57-33-17-13-27-11-15-31(19-29(27)21-33)47-23-37(35-7-5-9-39(45)49-35)59-43(53)44(54)60-38(36-8-6-10-40(46)50-36)24-48-32-16-12-28-14-18-34(22-30(28)20-32)58-26-42(52)56-4-2/h5-10,13-14,17-18,21-22,31-32,37-38,47-48H,3-4,11-12,15-16,19-20,23-26H2,1-2H3/t31?,32?,37-,38-/m0/s1. The Hall–Kier alpha value is -5.28. The number of nitrogens with zero attached hydrogens (tertiary/aromatic N) is 2. The third-order valence-corrected chi connectivity index (χ3v) is 10.5. The molecule has 0 fully saturated rings. The Morgan fingerprint density at radius 3 is 1.47 bits per heavy atom. The first-order valence-corrected chi connectivity index (χ1v) is 20.8. The second-order valence-corrected chi connectivity index (χ2v) is 15.1. The van der Waals surface area contributed by atoms with Gasteiger partial charge in [-0.05, 0) is 123 Å². The van der Waals surface area contributed by atoms with Crippen LogP contribution >= 0.6 is 23.2 Å². The van der Waals surface area contributed by atoms with E-state index in [-0.39, 0.29) is 61.9 Å². The number of hydrogen-bond donors (Lipinski definition) is 2. The number of rotatable bonds is 18. The van der Waals surface area contributed by atoms with Crippen molar-refractivity contribution in [1.82, 2.24) is 20.6 Å². The van der Waals surface area contributed by atoms with Crippen molar-refractivity contribution < 1.29 is 47.6 Å². The number of nitrogens with one attached hydrogen (secondary N) is 2. The molecule has 2 unspecified atom stereocenters. The van der Waals surface area contributed by atoms with Crippen molar-refractivity contribution in [2.45, 2.75) is 76.7 Å². The van der Waals surface area contributed by atoms with Crippen molar-refractivity contribution in [3.63, 3.8) is 0 Å². The Labute approximate surface area is 358 Å². The molecule has 0 saturated carbocycles. The van der Waals surface area contributed by atoms with Gasteiger partial charge in [0.2, 0.25) is 0 Å². The summed E-state index contributed by atoms with van der Waals surface area (Å²) >= 11 is 12.5. The molecular formula is C44H48Cl2N4O10. The molecule has 2 aliphatic rings. The second kappa shape index (κ2) is 21.8. The molecule has 2 aromatic heterocycles. The van der Waals surface area contributed by atoms with Gasteiger partial charge in [0.05, 0.1) is 24.6 Å². The molecule has 6 rings (SSSR count). The Morgan fingerprint density at radius 2 is 1.07 bits per heavy atom. The predicted molar refractivity (Wildman–Crippen MR) is 221 cm³/mol. The molecule has 4 aromatic rings. The van der Waals surface area contributed by atoms with Gasteiger partial charge >= 0.3 is 23.9 Å². The molecule has 0 amide bonds. The van der Waals surface area contributed by atoms with E-state index in [1.807, 2.05) is 36.4 Å². The fourth-order valence-electron chi connectivity index (χ4n) is 7.21. The summed E-state index contributed by atoms with van der Waals surface area (Å²) in [6.07, 6.45) is 2.53. The number of fused-ring (bicyclic) bond motifs is 2. The van der Waals surface area contributed by atoms with Crippen LogP contribution in [0.2, 0.25) is 10.3 Å². The number of carbonyl (C=O) groups is 4. The fourth-order valence-corrected chi connectivity index (χ4v) is 7.55. The molecule has 2 aliphatic carbocycles.